The Kier molecular flexibility index (Phi) is 4.32. The third-order valence-electron chi connectivity index (χ3n) is 5.73. The Bertz CT molecular complexity index is 1220. The molecule has 1 spiro atoms. The summed E-state index contributed by atoms with van der Waals surface area (Å²) in [5, 5.41) is 12.5. The molecule has 156 valence electrons. The second-order valence-electron chi connectivity index (χ2n) is 7.76. The number of aromatic nitrogens is 3. The predicted molar refractivity (Wildman–Crippen MR) is 112 cm³/mol. The average molecular weight is 416 g/mol. The van der Waals surface area contributed by atoms with Gasteiger partial charge < -0.3 is 10.6 Å². The lowest BCUT2D eigenvalue weighted by Crippen LogP contribution is -2.42. The first-order chi connectivity index (χ1) is 15.0. The van der Waals surface area contributed by atoms with Crippen molar-refractivity contribution >= 4 is 23.5 Å². The molecule has 0 bridgehead atoms. The zero-order valence-electron chi connectivity index (χ0n) is 16.8. The summed E-state index contributed by atoms with van der Waals surface area (Å²) in [7, 11) is 0. The van der Waals surface area contributed by atoms with Gasteiger partial charge in [0.1, 0.15) is 17.9 Å². The number of carbonyl (C=O) groups excluding carboxylic acids is 3. The lowest BCUT2D eigenvalue weighted by Gasteiger charge is -2.22. The molecule has 2 aliphatic rings. The zero-order valence-corrected chi connectivity index (χ0v) is 16.8. The Balaban J connectivity index is 1.31. The summed E-state index contributed by atoms with van der Waals surface area (Å²) in [6.07, 6.45) is 1.20. The molecule has 2 aromatic carbocycles. The molecule has 31 heavy (non-hydrogen) atoms. The van der Waals surface area contributed by atoms with Gasteiger partial charge in [-0.25, -0.2) is 9.78 Å². The van der Waals surface area contributed by atoms with E-state index in [2.05, 4.69) is 25.8 Å². The maximum absolute atomic E-state index is 13.2. The Morgan fingerprint density at radius 2 is 2.03 bits per heavy atom. The number of aromatic amines is 1. The van der Waals surface area contributed by atoms with Gasteiger partial charge in [-0.3, -0.25) is 19.6 Å². The first-order valence-electron chi connectivity index (χ1n) is 9.98. The van der Waals surface area contributed by atoms with Crippen LogP contribution in [0.3, 0.4) is 0 Å². The first-order valence-corrected chi connectivity index (χ1v) is 9.98. The molecular weight excluding hydrogens is 396 g/mol. The number of hydrogen-bond acceptors (Lipinski definition) is 5. The van der Waals surface area contributed by atoms with Crippen molar-refractivity contribution in [3.8, 4) is 11.4 Å². The fourth-order valence-corrected chi connectivity index (χ4v) is 4.29. The topological polar surface area (TPSA) is 120 Å². The summed E-state index contributed by atoms with van der Waals surface area (Å²) >= 11 is 0. The number of H-pyrrole nitrogens is 1. The highest BCUT2D eigenvalue weighted by Gasteiger charge is 2.55. The number of carbonyl (C=O) groups is 3. The highest BCUT2D eigenvalue weighted by atomic mass is 16.2. The summed E-state index contributed by atoms with van der Waals surface area (Å²) < 4.78 is 0. The standard InChI is InChI=1S/C22H20N6O3/c1-13-23-19(27-26-13)15-6-4-7-16(11-15)24-18(29)12-28-20(30)22(25-21(28)31)10-9-14-5-2-3-8-17(14)22/h2-8,11H,9-10,12H2,1H3,(H,24,29)(H,25,31)(H,23,26,27). The molecule has 5 rings (SSSR count). The molecule has 0 radical (unpaired) electrons. The number of fused-ring (bicyclic) bond motifs is 2. The number of benzene rings is 2. The van der Waals surface area contributed by atoms with Gasteiger partial charge in [-0.2, -0.15) is 5.10 Å². The van der Waals surface area contributed by atoms with Crippen molar-refractivity contribution in [1.29, 1.82) is 0 Å². The van der Waals surface area contributed by atoms with Gasteiger partial charge in [0.25, 0.3) is 5.91 Å². The van der Waals surface area contributed by atoms with Gasteiger partial charge in [-0.15, -0.1) is 0 Å². The molecule has 2 heterocycles. The number of imide groups is 1. The van der Waals surface area contributed by atoms with Crippen LogP contribution in [0.15, 0.2) is 48.5 Å². The molecule has 1 atom stereocenters. The van der Waals surface area contributed by atoms with E-state index >= 15 is 0 Å². The van der Waals surface area contributed by atoms with E-state index in [9.17, 15) is 14.4 Å². The lowest BCUT2D eigenvalue weighted by atomic mass is 9.92. The number of rotatable bonds is 4. The molecule has 1 aromatic heterocycles. The van der Waals surface area contributed by atoms with E-state index in [1.807, 2.05) is 30.3 Å². The lowest BCUT2D eigenvalue weighted by molar-refractivity contribution is -0.134. The van der Waals surface area contributed by atoms with Crippen molar-refractivity contribution in [3.05, 3.63) is 65.5 Å². The minimum atomic E-state index is -1.07. The Morgan fingerprint density at radius 1 is 1.19 bits per heavy atom. The third-order valence-corrected chi connectivity index (χ3v) is 5.73. The molecular formula is C22H20N6O3. The average Bonchev–Trinajstić information content (AvgIpc) is 3.42. The van der Waals surface area contributed by atoms with E-state index in [1.54, 1.807) is 25.1 Å². The van der Waals surface area contributed by atoms with Crippen LogP contribution >= 0.6 is 0 Å². The van der Waals surface area contributed by atoms with E-state index < -0.39 is 17.5 Å². The first kappa shape index (κ1) is 19.0. The van der Waals surface area contributed by atoms with Crippen molar-refractivity contribution < 1.29 is 14.4 Å². The molecule has 0 saturated carbocycles. The van der Waals surface area contributed by atoms with Crippen LogP contribution in [0, 0.1) is 6.92 Å². The molecule has 1 unspecified atom stereocenters. The number of urea groups is 1. The monoisotopic (exact) mass is 416 g/mol. The van der Waals surface area contributed by atoms with Gasteiger partial charge in [0, 0.05) is 11.3 Å². The van der Waals surface area contributed by atoms with E-state index in [1.165, 1.54) is 0 Å². The number of nitrogens with one attached hydrogen (secondary N) is 3. The van der Waals surface area contributed by atoms with Crippen LogP contribution in [0.4, 0.5) is 10.5 Å². The second-order valence-corrected chi connectivity index (χ2v) is 7.76. The number of hydrogen-bond donors (Lipinski definition) is 3. The molecule has 4 amide bonds. The van der Waals surface area contributed by atoms with Crippen LogP contribution in [-0.2, 0) is 21.5 Å². The van der Waals surface area contributed by atoms with Crippen LogP contribution in [0.1, 0.15) is 23.4 Å². The van der Waals surface area contributed by atoms with E-state index in [0.29, 0.717) is 30.2 Å². The van der Waals surface area contributed by atoms with Crippen LogP contribution in [0.5, 0.6) is 0 Å². The maximum Gasteiger partial charge on any atom is 0.325 e. The van der Waals surface area contributed by atoms with Gasteiger partial charge in [-0.05, 0) is 43.0 Å². The fraction of sp³-hybridized carbons (Fsp3) is 0.227. The highest BCUT2D eigenvalue weighted by molar-refractivity contribution is 6.11. The molecule has 1 fully saturated rings. The maximum atomic E-state index is 13.2. The Morgan fingerprint density at radius 3 is 2.84 bits per heavy atom. The predicted octanol–water partition coefficient (Wildman–Crippen LogP) is 2.11. The number of nitrogens with zero attached hydrogens (tertiary/aromatic N) is 3. The molecule has 1 aliphatic carbocycles. The number of aryl methyl sites for hydroxylation is 2. The zero-order chi connectivity index (χ0) is 21.6. The molecule has 9 heteroatoms. The second kappa shape index (κ2) is 7.05. The number of amides is 4. The van der Waals surface area contributed by atoms with Gasteiger partial charge >= 0.3 is 6.03 Å². The SMILES string of the molecule is Cc1nc(-c2cccc(NC(=O)CN3C(=O)NC4(CCc5ccccc54)C3=O)c2)n[nH]1. The van der Waals surface area contributed by atoms with Crippen molar-refractivity contribution in [3.63, 3.8) is 0 Å². The van der Waals surface area contributed by atoms with Gasteiger partial charge in [0.2, 0.25) is 5.91 Å². The van der Waals surface area contributed by atoms with Crippen molar-refractivity contribution in [2.75, 3.05) is 11.9 Å². The minimum absolute atomic E-state index is 0.363. The third kappa shape index (κ3) is 3.14. The normalized spacial score (nSPS) is 19.6. The van der Waals surface area contributed by atoms with E-state index in [-0.39, 0.29) is 12.5 Å². The minimum Gasteiger partial charge on any atom is -0.325 e. The fourth-order valence-electron chi connectivity index (χ4n) is 4.29. The van der Waals surface area contributed by atoms with Crippen LogP contribution in [0.25, 0.3) is 11.4 Å². The largest absolute Gasteiger partial charge is 0.325 e. The molecule has 3 N–H and O–H groups in total. The van der Waals surface area contributed by atoms with E-state index in [4.69, 9.17) is 0 Å². The smallest absolute Gasteiger partial charge is 0.325 e. The van der Waals surface area contributed by atoms with Gasteiger partial charge in [0.05, 0.1) is 0 Å². The van der Waals surface area contributed by atoms with Crippen LogP contribution in [0.2, 0.25) is 0 Å². The summed E-state index contributed by atoms with van der Waals surface area (Å²) in [6, 6.07) is 14.1. The van der Waals surface area contributed by atoms with Crippen molar-refractivity contribution in [1.82, 2.24) is 25.4 Å². The molecule has 1 aliphatic heterocycles. The van der Waals surface area contributed by atoms with Gasteiger partial charge in [-0.1, -0.05) is 36.4 Å². The highest BCUT2D eigenvalue weighted by Crippen LogP contribution is 2.41. The summed E-state index contributed by atoms with van der Waals surface area (Å²) in [5.41, 5.74) is 2.04. The van der Waals surface area contributed by atoms with Crippen molar-refractivity contribution in [2.24, 2.45) is 0 Å². The Labute approximate surface area is 177 Å². The van der Waals surface area contributed by atoms with Gasteiger partial charge in [0.15, 0.2) is 5.82 Å². The molecule has 9 nitrogen and oxygen atoms in total. The molecule has 1 saturated heterocycles. The summed E-state index contributed by atoms with van der Waals surface area (Å²) in [5.74, 6) is 0.354. The summed E-state index contributed by atoms with van der Waals surface area (Å²) in [4.78, 5) is 43.7. The summed E-state index contributed by atoms with van der Waals surface area (Å²) in [6.45, 7) is 1.44. The number of anilines is 1. The van der Waals surface area contributed by atoms with Crippen molar-refractivity contribution in [2.45, 2.75) is 25.3 Å². The van der Waals surface area contributed by atoms with Crippen LogP contribution in [-0.4, -0.2) is 44.5 Å². The van der Waals surface area contributed by atoms with Crippen LogP contribution < -0.4 is 10.6 Å². The van der Waals surface area contributed by atoms with E-state index in [0.717, 1.165) is 21.6 Å². The molecule has 3 aromatic rings. The quantitative estimate of drug-likeness (QED) is 0.563. The Hall–Kier alpha value is -4.01.